The Morgan fingerprint density at radius 2 is 2.07 bits per heavy atom. The van der Waals surface area contributed by atoms with Crippen LogP contribution in [0.15, 0.2) is 47.3 Å². The Morgan fingerprint density at radius 3 is 2.79 bits per heavy atom. The average molecular weight is 390 g/mol. The van der Waals surface area contributed by atoms with E-state index >= 15 is 0 Å². The largest absolute Gasteiger partial charge is 0.472 e. The molecule has 2 bridgehead atoms. The predicted octanol–water partition coefficient (Wildman–Crippen LogP) is 3.43. The van der Waals surface area contributed by atoms with Crippen LogP contribution < -0.4 is 4.74 Å². The van der Waals surface area contributed by atoms with Gasteiger partial charge < -0.3 is 14.1 Å². The molecular formula is C22H22N4O3. The molecule has 4 heterocycles. The van der Waals surface area contributed by atoms with Crippen LogP contribution in [-0.2, 0) is 0 Å². The van der Waals surface area contributed by atoms with Gasteiger partial charge in [0.1, 0.15) is 18.1 Å². The maximum absolute atomic E-state index is 13.5. The van der Waals surface area contributed by atoms with Gasteiger partial charge in [-0.25, -0.2) is 15.0 Å². The van der Waals surface area contributed by atoms with Crippen molar-refractivity contribution in [3.05, 3.63) is 59.9 Å². The average Bonchev–Trinajstić information content (AvgIpc) is 3.46. The molecule has 148 valence electrons. The minimum atomic E-state index is -0.0976. The maximum Gasteiger partial charge on any atom is 0.273 e. The van der Waals surface area contributed by atoms with Gasteiger partial charge in [-0.3, -0.25) is 4.79 Å². The number of likely N-dealkylation sites (tertiary alicyclic amines) is 1. The van der Waals surface area contributed by atoms with Crippen LogP contribution in [0.5, 0.6) is 5.88 Å². The molecule has 1 saturated heterocycles. The van der Waals surface area contributed by atoms with Crippen LogP contribution in [0.1, 0.15) is 34.6 Å². The number of aromatic nitrogens is 3. The number of oxazole rings is 1. The van der Waals surface area contributed by atoms with Gasteiger partial charge in [-0.1, -0.05) is 6.07 Å². The summed E-state index contributed by atoms with van der Waals surface area (Å²) in [6, 6.07) is 7.60. The summed E-state index contributed by atoms with van der Waals surface area (Å²) in [5.74, 6) is 1.35. The van der Waals surface area contributed by atoms with E-state index in [2.05, 4.69) is 15.0 Å². The van der Waals surface area contributed by atoms with Crippen LogP contribution in [-0.4, -0.2) is 44.4 Å². The molecule has 0 spiro atoms. The molecule has 0 radical (unpaired) electrons. The topological polar surface area (TPSA) is 81.4 Å². The Balaban J connectivity index is 1.41. The maximum atomic E-state index is 13.5. The van der Waals surface area contributed by atoms with Crippen LogP contribution in [0.4, 0.5) is 0 Å². The Morgan fingerprint density at radius 1 is 1.17 bits per heavy atom. The third kappa shape index (κ3) is 3.26. The summed E-state index contributed by atoms with van der Waals surface area (Å²) in [4.78, 5) is 28.5. The highest BCUT2D eigenvalue weighted by molar-refractivity contribution is 5.98. The van der Waals surface area contributed by atoms with Gasteiger partial charge in [-0.2, -0.15) is 0 Å². The highest BCUT2D eigenvalue weighted by Crippen LogP contribution is 2.40. The third-order valence-electron chi connectivity index (χ3n) is 5.74. The lowest BCUT2D eigenvalue weighted by molar-refractivity contribution is 0.0462. The molecule has 2 aliphatic rings. The fraction of sp³-hybridized carbons (Fsp3) is 0.364. The van der Waals surface area contributed by atoms with Gasteiger partial charge in [0.25, 0.3) is 5.91 Å². The molecule has 1 saturated carbocycles. The zero-order chi connectivity index (χ0) is 20.0. The van der Waals surface area contributed by atoms with Crippen LogP contribution >= 0.6 is 0 Å². The van der Waals surface area contributed by atoms with Gasteiger partial charge in [0.15, 0.2) is 0 Å². The van der Waals surface area contributed by atoms with Crippen molar-refractivity contribution in [2.45, 2.75) is 38.8 Å². The first kappa shape index (κ1) is 17.8. The first-order valence-electron chi connectivity index (χ1n) is 9.86. The number of hydrogen-bond donors (Lipinski definition) is 0. The predicted molar refractivity (Wildman–Crippen MR) is 105 cm³/mol. The lowest BCUT2D eigenvalue weighted by atomic mass is 10.1. The lowest BCUT2D eigenvalue weighted by Gasteiger charge is -2.33. The summed E-state index contributed by atoms with van der Waals surface area (Å²) in [7, 11) is 0. The quantitative estimate of drug-likeness (QED) is 0.679. The third-order valence-corrected chi connectivity index (χ3v) is 5.74. The number of ether oxygens (including phenoxy) is 1. The standard InChI is InChI=1S/C22H22N4O3/c1-13-3-6-19(24-11-13)29-18-10-15-9-17(18)26(12-15)22(27)20-16(5-4-14(2)25-20)21-23-7-8-28-21/h3-8,11,15,17-18H,9-10,12H2,1-2H3. The molecule has 0 aromatic carbocycles. The molecule has 3 aromatic rings. The van der Waals surface area contributed by atoms with Crippen molar-refractivity contribution in [2.24, 2.45) is 5.92 Å². The van der Waals surface area contributed by atoms with E-state index in [-0.39, 0.29) is 18.1 Å². The van der Waals surface area contributed by atoms with Crippen molar-refractivity contribution < 1.29 is 13.9 Å². The van der Waals surface area contributed by atoms with E-state index in [1.54, 1.807) is 12.4 Å². The van der Waals surface area contributed by atoms with Crippen molar-refractivity contribution in [2.75, 3.05) is 6.54 Å². The van der Waals surface area contributed by atoms with Crippen molar-refractivity contribution >= 4 is 5.91 Å². The first-order valence-corrected chi connectivity index (χ1v) is 9.86. The molecule has 2 fully saturated rings. The van der Waals surface area contributed by atoms with Gasteiger partial charge in [0, 0.05) is 24.5 Å². The molecule has 0 N–H and O–H groups in total. The van der Waals surface area contributed by atoms with Gasteiger partial charge in [-0.15, -0.1) is 0 Å². The summed E-state index contributed by atoms with van der Waals surface area (Å²) in [5, 5.41) is 0. The summed E-state index contributed by atoms with van der Waals surface area (Å²) in [6.07, 6.45) is 6.70. The fourth-order valence-corrected chi connectivity index (χ4v) is 4.39. The second kappa shape index (κ2) is 6.99. The van der Waals surface area contributed by atoms with Crippen molar-refractivity contribution in [3.8, 4) is 17.3 Å². The summed E-state index contributed by atoms with van der Waals surface area (Å²) < 4.78 is 11.6. The number of piperidine rings is 1. The number of fused-ring (bicyclic) bond motifs is 2. The highest BCUT2D eigenvalue weighted by atomic mass is 16.5. The van der Waals surface area contributed by atoms with Gasteiger partial charge >= 0.3 is 0 Å². The molecule has 5 rings (SSSR count). The Hall–Kier alpha value is -3.22. The number of hydrogen-bond acceptors (Lipinski definition) is 6. The van der Waals surface area contributed by atoms with E-state index in [9.17, 15) is 4.79 Å². The molecule has 7 nitrogen and oxygen atoms in total. The van der Waals surface area contributed by atoms with Crippen LogP contribution in [0.2, 0.25) is 0 Å². The van der Waals surface area contributed by atoms with Crippen molar-refractivity contribution in [1.82, 2.24) is 19.9 Å². The minimum Gasteiger partial charge on any atom is -0.472 e. The molecule has 1 aliphatic carbocycles. The van der Waals surface area contributed by atoms with Crippen molar-refractivity contribution in [1.29, 1.82) is 0 Å². The first-order chi connectivity index (χ1) is 14.1. The van der Waals surface area contributed by atoms with Gasteiger partial charge in [0.05, 0.1) is 17.8 Å². The Kier molecular flexibility index (Phi) is 4.30. The van der Waals surface area contributed by atoms with Crippen LogP contribution in [0.3, 0.4) is 0 Å². The molecule has 3 aromatic heterocycles. The summed E-state index contributed by atoms with van der Waals surface area (Å²) in [5.41, 5.74) is 2.87. The number of nitrogens with zero attached hydrogens (tertiary/aromatic N) is 4. The number of carbonyl (C=O) groups is 1. The smallest absolute Gasteiger partial charge is 0.273 e. The van der Waals surface area contributed by atoms with Gasteiger partial charge in [-0.05, 0) is 50.3 Å². The lowest BCUT2D eigenvalue weighted by Crippen LogP contribution is -2.47. The fourth-order valence-electron chi connectivity index (χ4n) is 4.39. The zero-order valence-corrected chi connectivity index (χ0v) is 16.4. The van der Waals surface area contributed by atoms with E-state index in [0.29, 0.717) is 28.9 Å². The zero-order valence-electron chi connectivity index (χ0n) is 16.4. The number of carbonyl (C=O) groups excluding carboxylic acids is 1. The molecule has 3 unspecified atom stereocenters. The second-order valence-corrected chi connectivity index (χ2v) is 7.88. The minimum absolute atomic E-state index is 0.0234. The monoisotopic (exact) mass is 390 g/mol. The van der Waals surface area contributed by atoms with Crippen LogP contribution in [0.25, 0.3) is 11.5 Å². The normalized spacial score (nSPS) is 22.8. The SMILES string of the molecule is Cc1ccc(OC2CC3CC2N(C(=O)c2nc(C)ccc2-c2ncco2)C3)nc1. The summed E-state index contributed by atoms with van der Waals surface area (Å²) in [6.45, 7) is 4.60. The molecule has 1 amide bonds. The molecule has 29 heavy (non-hydrogen) atoms. The molecular weight excluding hydrogens is 368 g/mol. The molecule has 3 atom stereocenters. The second-order valence-electron chi connectivity index (χ2n) is 7.88. The Labute approximate surface area is 168 Å². The summed E-state index contributed by atoms with van der Waals surface area (Å²) >= 11 is 0. The van der Waals surface area contributed by atoms with E-state index < -0.39 is 0 Å². The van der Waals surface area contributed by atoms with E-state index in [1.807, 2.05) is 43.0 Å². The Bertz CT molecular complexity index is 1030. The number of amides is 1. The van der Waals surface area contributed by atoms with E-state index in [4.69, 9.17) is 9.15 Å². The molecule has 7 heteroatoms. The van der Waals surface area contributed by atoms with E-state index in [1.165, 1.54) is 6.26 Å². The highest BCUT2D eigenvalue weighted by Gasteiger charge is 2.49. The van der Waals surface area contributed by atoms with Crippen molar-refractivity contribution in [3.63, 3.8) is 0 Å². The number of pyridine rings is 2. The van der Waals surface area contributed by atoms with E-state index in [0.717, 1.165) is 30.6 Å². The number of aryl methyl sites for hydroxylation is 2. The van der Waals surface area contributed by atoms with Gasteiger partial charge in [0.2, 0.25) is 11.8 Å². The molecule has 1 aliphatic heterocycles. The number of rotatable bonds is 4. The van der Waals surface area contributed by atoms with Crippen LogP contribution in [0, 0.1) is 19.8 Å².